The lowest BCUT2D eigenvalue weighted by Gasteiger charge is -2.32. The largest absolute Gasteiger partial charge is 0.493 e. The number of fused-ring (bicyclic) bond motifs is 1. The fraction of sp³-hybridized carbons (Fsp3) is 0.292. The molecule has 0 bridgehead atoms. The smallest absolute Gasteiger partial charge is 0.226 e. The van der Waals surface area contributed by atoms with Crippen molar-refractivity contribution in [3.63, 3.8) is 0 Å². The summed E-state index contributed by atoms with van der Waals surface area (Å²) in [5, 5.41) is 8.90. The first kappa shape index (κ1) is 22.6. The van der Waals surface area contributed by atoms with E-state index in [1.165, 1.54) is 0 Å². The second kappa shape index (κ2) is 8.85. The molecule has 34 heavy (non-hydrogen) atoms. The summed E-state index contributed by atoms with van der Waals surface area (Å²) in [6.07, 6.45) is 1.98. The number of aromatic nitrogens is 3. The van der Waals surface area contributed by atoms with E-state index >= 15 is 0 Å². The molecule has 1 unspecified atom stereocenters. The van der Waals surface area contributed by atoms with E-state index in [1.54, 1.807) is 44.2 Å². The number of nitrogens with one attached hydrogen (secondary N) is 1. The molecule has 1 aliphatic heterocycles. The number of rotatable bonds is 5. The molecule has 0 amide bonds. The van der Waals surface area contributed by atoms with Crippen molar-refractivity contribution in [1.29, 1.82) is 0 Å². The number of ketones is 1. The Balaban J connectivity index is 1.69. The van der Waals surface area contributed by atoms with Crippen molar-refractivity contribution >= 4 is 34.9 Å². The predicted octanol–water partition coefficient (Wildman–Crippen LogP) is 5.30. The first-order valence-electron chi connectivity index (χ1n) is 10.7. The van der Waals surface area contributed by atoms with Crippen LogP contribution in [0.2, 0.25) is 10.0 Å². The van der Waals surface area contributed by atoms with Gasteiger partial charge in [0.25, 0.3) is 0 Å². The molecule has 1 aromatic heterocycles. The van der Waals surface area contributed by atoms with E-state index < -0.39 is 6.04 Å². The Morgan fingerprint density at radius 2 is 1.79 bits per heavy atom. The summed E-state index contributed by atoms with van der Waals surface area (Å²) in [6, 6.07) is 8.41. The van der Waals surface area contributed by atoms with Crippen molar-refractivity contribution < 1.29 is 19.0 Å². The van der Waals surface area contributed by atoms with E-state index in [0.29, 0.717) is 62.2 Å². The van der Waals surface area contributed by atoms with Crippen LogP contribution in [0.1, 0.15) is 30.9 Å². The molecule has 0 radical (unpaired) electrons. The van der Waals surface area contributed by atoms with Gasteiger partial charge in [-0.1, -0.05) is 35.3 Å². The maximum Gasteiger partial charge on any atom is 0.226 e. The van der Waals surface area contributed by atoms with Crippen LogP contribution < -0.4 is 19.5 Å². The van der Waals surface area contributed by atoms with E-state index in [9.17, 15) is 4.79 Å². The minimum Gasteiger partial charge on any atom is -0.493 e. The van der Waals surface area contributed by atoms with Gasteiger partial charge in [0.1, 0.15) is 6.04 Å². The minimum atomic E-state index is -0.548. The van der Waals surface area contributed by atoms with E-state index in [4.69, 9.17) is 47.5 Å². The zero-order chi connectivity index (χ0) is 24.0. The number of carbonyl (C=O) groups is 1. The van der Waals surface area contributed by atoms with Crippen molar-refractivity contribution in [2.24, 2.45) is 0 Å². The van der Waals surface area contributed by atoms with Crippen LogP contribution in [-0.2, 0) is 4.79 Å². The van der Waals surface area contributed by atoms with Crippen LogP contribution in [-0.4, -0.2) is 41.9 Å². The molecule has 1 aliphatic carbocycles. The third kappa shape index (κ3) is 3.58. The summed E-state index contributed by atoms with van der Waals surface area (Å²) in [4.78, 5) is 17.8. The lowest BCUT2D eigenvalue weighted by atomic mass is 9.85. The third-order valence-electron chi connectivity index (χ3n) is 6.07. The average molecular weight is 501 g/mol. The summed E-state index contributed by atoms with van der Waals surface area (Å²) in [5.41, 5.74) is 2.84. The van der Waals surface area contributed by atoms with E-state index in [-0.39, 0.29) is 5.78 Å². The molecular weight excluding hydrogens is 479 g/mol. The van der Waals surface area contributed by atoms with Crippen LogP contribution in [0.4, 0.5) is 5.95 Å². The lowest BCUT2D eigenvalue weighted by molar-refractivity contribution is -0.116. The fourth-order valence-corrected chi connectivity index (χ4v) is 4.92. The lowest BCUT2D eigenvalue weighted by Crippen LogP contribution is -2.31. The standard InChI is InChI=1S/C24H22Cl2N4O4/c1-32-17-10-12(11-18(33-2)22(17)34-3)23-28-24-27-15-8-5-9-16(31)19(15)21(30(24)29-23)13-6-4-7-14(25)20(13)26/h4,6-7,10-11,21H,5,8-9H2,1-3H3,(H,27,28,29). The summed E-state index contributed by atoms with van der Waals surface area (Å²) in [6.45, 7) is 0. The van der Waals surface area contributed by atoms with Crippen molar-refractivity contribution in [2.45, 2.75) is 25.3 Å². The molecule has 0 spiro atoms. The topological polar surface area (TPSA) is 87.5 Å². The minimum absolute atomic E-state index is 0.0604. The van der Waals surface area contributed by atoms with Gasteiger partial charge in [-0.15, -0.1) is 5.10 Å². The van der Waals surface area contributed by atoms with Crippen molar-refractivity contribution in [3.8, 4) is 28.6 Å². The zero-order valence-electron chi connectivity index (χ0n) is 18.8. The molecule has 0 saturated carbocycles. The number of allylic oxidation sites excluding steroid dienone is 2. The number of halogens is 2. The van der Waals surface area contributed by atoms with Crippen molar-refractivity contribution in [2.75, 3.05) is 26.6 Å². The molecule has 5 rings (SSSR count). The SMILES string of the molecule is COc1cc(-c2nc3n(n2)C(c2cccc(Cl)c2Cl)C2=C(CCCC2=O)N3)cc(OC)c1OC. The van der Waals surface area contributed by atoms with Gasteiger partial charge in [0.05, 0.1) is 31.4 Å². The van der Waals surface area contributed by atoms with Crippen LogP contribution >= 0.6 is 23.2 Å². The van der Waals surface area contributed by atoms with Gasteiger partial charge in [0.2, 0.25) is 11.7 Å². The van der Waals surface area contributed by atoms with Crippen LogP contribution in [0.3, 0.4) is 0 Å². The summed E-state index contributed by atoms with van der Waals surface area (Å²) in [7, 11) is 4.65. The Morgan fingerprint density at radius 1 is 1.06 bits per heavy atom. The summed E-state index contributed by atoms with van der Waals surface area (Å²) in [5.74, 6) is 2.45. The van der Waals surface area contributed by atoms with E-state index in [2.05, 4.69) is 5.32 Å². The number of ether oxygens (including phenoxy) is 3. The van der Waals surface area contributed by atoms with Gasteiger partial charge in [-0.2, -0.15) is 4.98 Å². The number of benzene rings is 2. The zero-order valence-corrected chi connectivity index (χ0v) is 20.3. The maximum absolute atomic E-state index is 13.1. The number of hydrogen-bond donors (Lipinski definition) is 1. The average Bonchev–Trinajstić information content (AvgIpc) is 3.27. The molecular formula is C24H22Cl2N4O4. The molecule has 0 fully saturated rings. The van der Waals surface area contributed by atoms with Gasteiger partial charge in [-0.25, -0.2) is 4.68 Å². The molecule has 2 aliphatic rings. The first-order valence-corrected chi connectivity index (χ1v) is 11.5. The highest BCUT2D eigenvalue weighted by atomic mass is 35.5. The molecule has 2 aromatic carbocycles. The molecule has 3 aromatic rings. The quantitative estimate of drug-likeness (QED) is 0.508. The molecule has 176 valence electrons. The monoisotopic (exact) mass is 500 g/mol. The Kier molecular flexibility index (Phi) is 5.87. The fourth-order valence-electron chi connectivity index (χ4n) is 4.51. The van der Waals surface area contributed by atoms with Gasteiger partial charge < -0.3 is 19.5 Å². The van der Waals surface area contributed by atoms with E-state index in [1.807, 2.05) is 12.1 Å². The summed E-state index contributed by atoms with van der Waals surface area (Å²) < 4.78 is 18.1. The number of methoxy groups -OCH3 is 3. The Labute approximate surface area is 206 Å². The number of nitrogens with zero attached hydrogens (tertiary/aromatic N) is 3. The molecule has 0 saturated heterocycles. The van der Waals surface area contributed by atoms with Crippen LogP contribution in [0.15, 0.2) is 41.6 Å². The van der Waals surface area contributed by atoms with E-state index in [0.717, 1.165) is 18.5 Å². The maximum atomic E-state index is 13.1. The number of carbonyl (C=O) groups excluding carboxylic acids is 1. The molecule has 1 atom stereocenters. The number of hydrogen-bond acceptors (Lipinski definition) is 7. The Morgan fingerprint density at radius 3 is 2.47 bits per heavy atom. The second-order valence-electron chi connectivity index (χ2n) is 7.96. The van der Waals surface area contributed by atoms with Crippen molar-refractivity contribution in [1.82, 2.24) is 14.8 Å². The molecule has 2 heterocycles. The van der Waals surface area contributed by atoms with Gasteiger partial charge in [-0.05, 0) is 31.0 Å². The second-order valence-corrected chi connectivity index (χ2v) is 8.74. The highest BCUT2D eigenvalue weighted by Crippen LogP contribution is 2.45. The van der Waals surface area contributed by atoms with Crippen LogP contribution in [0.5, 0.6) is 17.2 Å². The molecule has 1 N–H and O–H groups in total. The van der Waals surface area contributed by atoms with Crippen molar-refractivity contribution in [3.05, 3.63) is 57.2 Å². The number of anilines is 1. The highest BCUT2D eigenvalue weighted by molar-refractivity contribution is 6.42. The first-order chi connectivity index (χ1) is 16.5. The Hall–Kier alpha value is -3.23. The van der Waals surface area contributed by atoms with Gasteiger partial charge in [-0.3, -0.25) is 4.79 Å². The van der Waals surface area contributed by atoms with Gasteiger partial charge >= 0.3 is 0 Å². The highest BCUT2D eigenvalue weighted by Gasteiger charge is 2.38. The molecule has 8 nitrogen and oxygen atoms in total. The Bertz CT molecular complexity index is 1310. The predicted molar refractivity (Wildman–Crippen MR) is 129 cm³/mol. The van der Waals surface area contributed by atoms with Crippen LogP contribution in [0, 0.1) is 0 Å². The van der Waals surface area contributed by atoms with Gasteiger partial charge in [0.15, 0.2) is 23.1 Å². The number of Topliss-reactive ketones (excluding diaryl/α,β-unsaturated/α-hetero) is 1. The summed E-state index contributed by atoms with van der Waals surface area (Å²) >= 11 is 12.9. The third-order valence-corrected chi connectivity index (χ3v) is 6.90. The van der Waals surface area contributed by atoms with Gasteiger partial charge in [0, 0.05) is 28.8 Å². The van der Waals surface area contributed by atoms with Crippen LogP contribution in [0.25, 0.3) is 11.4 Å². The molecule has 10 heteroatoms. The normalized spacial score (nSPS) is 17.1.